The van der Waals surface area contributed by atoms with Crippen LogP contribution in [0.4, 0.5) is 0 Å². The van der Waals surface area contributed by atoms with Crippen molar-refractivity contribution in [3.05, 3.63) is 70.4 Å². The van der Waals surface area contributed by atoms with Crippen molar-refractivity contribution < 1.29 is 4.79 Å². The summed E-state index contributed by atoms with van der Waals surface area (Å²) in [5, 5.41) is 7.48. The van der Waals surface area contributed by atoms with Crippen LogP contribution in [0.1, 0.15) is 10.4 Å². The third-order valence-corrected chi connectivity index (χ3v) is 5.24. The number of thiophene rings is 1. The molecular formula is C18H17NOS2. The van der Waals surface area contributed by atoms with E-state index in [9.17, 15) is 4.79 Å². The number of thioether (sulfide) groups is 1. The van der Waals surface area contributed by atoms with Crippen molar-refractivity contribution in [1.29, 1.82) is 0 Å². The summed E-state index contributed by atoms with van der Waals surface area (Å²) in [5.41, 5.74) is 1.26. The number of carbonyl (C=O) groups excluding carboxylic acids is 1. The Morgan fingerprint density at radius 1 is 1.05 bits per heavy atom. The van der Waals surface area contributed by atoms with Gasteiger partial charge in [-0.25, -0.2) is 0 Å². The van der Waals surface area contributed by atoms with Crippen LogP contribution in [0.5, 0.6) is 0 Å². The third kappa shape index (κ3) is 4.12. The number of amides is 1. The van der Waals surface area contributed by atoms with Crippen molar-refractivity contribution in [2.45, 2.75) is 12.3 Å². The van der Waals surface area contributed by atoms with Crippen molar-refractivity contribution >= 4 is 39.8 Å². The third-order valence-electron chi connectivity index (χ3n) is 3.36. The Hall–Kier alpha value is -1.78. The van der Waals surface area contributed by atoms with Crippen molar-refractivity contribution in [1.82, 2.24) is 5.32 Å². The van der Waals surface area contributed by atoms with Crippen LogP contribution in [-0.2, 0) is 17.1 Å². The molecule has 1 N–H and O–H groups in total. The Balaban J connectivity index is 1.46. The van der Waals surface area contributed by atoms with E-state index in [1.807, 2.05) is 17.5 Å². The van der Waals surface area contributed by atoms with E-state index in [-0.39, 0.29) is 5.91 Å². The first-order valence-corrected chi connectivity index (χ1v) is 9.19. The van der Waals surface area contributed by atoms with Gasteiger partial charge in [0.1, 0.15) is 0 Å². The molecule has 0 aliphatic carbocycles. The fourth-order valence-electron chi connectivity index (χ4n) is 2.24. The minimum atomic E-state index is 0.0965. The van der Waals surface area contributed by atoms with Gasteiger partial charge in [0, 0.05) is 10.6 Å². The average Bonchev–Trinajstić information content (AvgIpc) is 3.06. The summed E-state index contributed by atoms with van der Waals surface area (Å²) in [6.45, 7) is 0.632. The summed E-state index contributed by atoms with van der Waals surface area (Å²) in [6.07, 6.45) is 0. The maximum atomic E-state index is 11.8. The minimum Gasteiger partial charge on any atom is -0.350 e. The predicted octanol–water partition coefficient (Wildman–Crippen LogP) is 4.45. The van der Waals surface area contributed by atoms with Crippen LogP contribution in [0.2, 0.25) is 0 Å². The summed E-state index contributed by atoms with van der Waals surface area (Å²) >= 11 is 3.32. The Labute approximate surface area is 138 Å². The molecule has 1 amide bonds. The first-order valence-electron chi connectivity index (χ1n) is 7.16. The van der Waals surface area contributed by atoms with Gasteiger partial charge in [0.15, 0.2) is 0 Å². The van der Waals surface area contributed by atoms with Crippen LogP contribution in [0.3, 0.4) is 0 Å². The van der Waals surface area contributed by atoms with E-state index >= 15 is 0 Å². The molecule has 112 valence electrons. The Bertz CT molecular complexity index is 753. The topological polar surface area (TPSA) is 29.1 Å². The predicted molar refractivity (Wildman–Crippen MR) is 96.3 cm³/mol. The molecule has 0 unspecified atom stereocenters. The van der Waals surface area contributed by atoms with Gasteiger partial charge in [-0.3, -0.25) is 4.79 Å². The molecule has 0 atom stereocenters. The molecule has 3 rings (SSSR count). The number of benzene rings is 2. The average molecular weight is 327 g/mol. The molecular weight excluding hydrogens is 310 g/mol. The lowest BCUT2D eigenvalue weighted by Gasteiger charge is -2.05. The summed E-state index contributed by atoms with van der Waals surface area (Å²) in [4.78, 5) is 13.0. The van der Waals surface area contributed by atoms with Gasteiger partial charge in [-0.15, -0.1) is 23.1 Å². The number of hydrogen-bond acceptors (Lipinski definition) is 3. The second-order valence-corrected chi connectivity index (χ2v) is 7.05. The highest BCUT2D eigenvalue weighted by Crippen LogP contribution is 2.19. The lowest BCUT2D eigenvalue weighted by atomic mass is 10.1. The molecule has 1 heterocycles. The van der Waals surface area contributed by atoms with Gasteiger partial charge in [-0.2, -0.15) is 0 Å². The van der Waals surface area contributed by atoms with E-state index in [1.165, 1.54) is 21.2 Å². The highest BCUT2D eigenvalue weighted by molar-refractivity contribution is 7.99. The number of carbonyl (C=O) groups is 1. The summed E-state index contributed by atoms with van der Waals surface area (Å²) in [7, 11) is 0. The standard InChI is InChI=1S/C18H17NOS2/c20-18(19-11-17-6-3-9-22-17)13-21-12-14-7-8-15-4-1-2-5-16(15)10-14/h1-10H,11-13H2,(H,19,20). The Morgan fingerprint density at radius 2 is 1.91 bits per heavy atom. The molecule has 0 radical (unpaired) electrons. The zero-order valence-electron chi connectivity index (χ0n) is 12.1. The Kier molecular flexibility index (Phi) is 5.14. The number of fused-ring (bicyclic) bond motifs is 1. The van der Waals surface area contributed by atoms with Gasteiger partial charge in [0.25, 0.3) is 0 Å². The van der Waals surface area contributed by atoms with E-state index in [1.54, 1.807) is 23.1 Å². The molecule has 2 aromatic carbocycles. The number of hydrogen-bond donors (Lipinski definition) is 1. The second-order valence-electron chi connectivity index (χ2n) is 5.03. The fraction of sp³-hybridized carbons (Fsp3) is 0.167. The van der Waals surface area contributed by atoms with Crippen molar-refractivity contribution in [2.75, 3.05) is 5.75 Å². The van der Waals surface area contributed by atoms with E-state index in [0.29, 0.717) is 12.3 Å². The SMILES string of the molecule is O=C(CSCc1ccc2ccccc2c1)NCc1cccs1. The fourth-order valence-corrected chi connectivity index (χ4v) is 3.69. The maximum Gasteiger partial charge on any atom is 0.230 e. The molecule has 0 aliphatic rings. The highest BCUT2D eigenvalue weighted by atomic mass is 32.2. The van der Waals surface area contributed by atoms with Crippen molar-refractivity contribution in [3.63, 3.8) is 0 Å². The van der Waals surface area contributed by atoms with E-state index in [2.05, 4.69) is 47.8 Å². The molecule has 0 bridgehead atoms. The van der Waals surface area contributed by atoms with Crippen LogP contribution in [0.25, 0.3) is 10.8 Å². The van der Waals surface area contributed by atoms with E-state index < -0.39 is 0 Å². The van der Waals surface area contributed by atoms with Crippen LogP contribution >= 0.6 is 23.1 Å². The van der Waals surface area contributed by atoms with Gasteiger partial charge in [-0.1, -0.05) is 48.5 Å². The molecule has 3 aromatic rings. The first-order chi connectivity index (χ1) is 10.8. The molecule has 1 aromatic heterocycles. The molecule has 4 heteroatoms. The lowest BCUT2D eigenvalue weighted by molar-refractivity contribution is -0.118. The molecule has 22 heavy (non-hydrogen) atoms. The molecule has 0 spiro atoms. The summed E-state index contributed by atoms with van der Waals surface area (Å²) in [5.74, 6) is 1.45. The minimum absolute atomic E-state index is 0.0965. The van der Waals surface area contributed by atoms with Crippen LogP contribution < -0.4 is 5.32 Å². The second kappa shape index (κ2) is 7.47. The monoisotopic (exact) mass is 327 g/mol. The summed E-state index contributed by atoms with van der Waals surface area (Å²) in [6, 6.07) is 18.9. The van der Waals surface area contributed by atoms with Gasteiger partial charge in [0.2, 0.25) is 5.91 Å². The van der Waals surface area contributed by atoms with Gasteiger partial charge in [-0.05, 0) is 27.8 Å². The van der Waals surface area contributed by atoms with E-state index in [0.717, 1.165) is 5.75 Å². The number of rotatable bonds is 6. The molecule has 0 saturated carbocycles. The van der Waals surface area contributed by atoms with Crippen LogP contribution in [0.15, 0.2) is 60.0 Å². The van der Waals surface area contributed by atoms with Crippen LogP contribution in [0, 0.1) is 0 Å². The smallest absolute Gasteiger partial charge is 0.230 e. The zero-order valence-corrected chi connectivity index (χ0v) is 13.8. The maximum absolute atomic E-state index is 11.8. The largest absolute Gasteiger partial charge is 0.350 e. The van der Waals surface area contributed by atoms with E-state index in [4.69, 9.17) is 0 Å². The van der Waals surface area contributed by atoms with Crippen molar-refractivity contribution in [2.24, 2.45) is 0 Å². The molecule has 0 aliphatic heterocycles. The zero-order chi connectivity index (χ0) is 15.2. The lowest BCUT2D eigenvalue weighted by Crippen LogP contribution is -2.24. The normalized spacial score (nSPS) is 10.7. The van der Waals surface area contributed by atoms with Crippen molar-refractivity contribution in [3.8, 4) is 0 Å². The summed E-state index contributed by atoms with van der Waals surface area (Å²) < 4.78 is 0. The molecule has 0 saturated heterocycles. The number of nitrogens with one attached hydrogen (secondary N) is 1. The quantitative estimate of drug-likeness (QED) is 0.724. The van der Waals surface area contributed by atoms with Gasteiger partial charge in [0.05, 0.1) is 12.3 Å². The molecule has 2 nitrogen and oxygen atoms in total. The first kappa shape index (κ1) is 15.1. The molecule has 0 fully saturated rings. The van der Waals surface area contributed by atoms with Gasteiger partial charge < -0.3 is 5.32 Å². The Morgan fingerprint density at radius 3 is 2.73 bits per heavy atom. The highest BCUT2D eigenvalue weighted by Gasteiger charge is 2.03. The van der Waals surface area contributed by atoms with Gasteiger partial charge >= 0.3 is 0 Å². The van der Waals surface area contributed by atoms with Crippen LogP contribution in [-0.4, -0.2) is 11.7 Å².